The van der Waals surface area contributed by atoms with E-state index in [2.05, 4.69) is 20.5 Å². The van der Waals surface area contributed by atoms with E-state index < -0.39 is 0 Å². The summed E-state index contributed by atoms with van der Waals surface area (Å²) in [6.07, 6.45) is 0. The molecule has 2 N–H and O–H groups in total. The molecule has 0 spiro atoms. The summed E-state index contributed by atoms with van der Waals surface area (Å²) in [6, 6.07) is 12.4. The summed E-state index contributed by atoms with van der Waals surface area (Å²) < 4.78 is 0. The second kappa shape index (κ2) is 5.93. The van der Waals surface area contributed by atoms with Crippen molar-refractivity contribution in [1.29, 1.82) is 0 Å². The van der Waals surface area contributed by atoms with Gasteiger partial charge in [0.1, 0.15) is 0 Å². The fourth-order valence-electron chi connectivity index (χ4n) is 1.78. The third kappa shape index (κ3) is 3.29. The third-order valence-corrected chi connectivity index (χ3v) is 3.59. The minimum atomic E-state index is 0.434. The molecule has 0 aliphatic carbocycles. The summed E-state index contributed by atoms with van der Waals surface area (Å²) in [6.45, 7) is 0. The summed E-state index contributed by atoms with van der Waals surface area (Å²) in [5.74, 6) is 0.974. The first-order valence-electron chi connectivity index (χ1n) is 6.02. The average Bonchev–Trinajstić information content (AvgIpc) is 2.92. The third-order valence-electron chi connectivity index (χ3n) is 2.77. The van der Waals surface area contributed by atoms with Crippen LogP contribution in [-0.2, 0) is 0 Å². The van der Waals surface area contributed by atoms with Gasteiger partial charge < -0.3 is 5.32 Å². The van der Waals surface area contributed by atoms with Gasteiger partial charge in [0.25, 0.3) is 0 Å². The first-order chi connectivity index (χ1) is 10.1. The Morgan fingerprint density at radius 3 is 2.38 bits per heavy atom. The summed E-state index contributed by atoms with van der Waals surface area (Å²) in [5.41, 5.74) is 1.53. The van der Waals surface area contributed by atoms with Crippen LogP contribution in [-0.4, -0.2) is 15.2 Å². The highest BCUT2D eigenvalue weighted by Crippen LogP contribution is 2.29. The number of benzene rings is 2. The Bertz CT molecular complexity index is 768. The molecule has 1 heterocycles. The zero-order chi connectivity index (χ0) is 14.8. The Kier molecular flexibility index (Phi) is 4.01. The molecule has 0 saturated carbocycles. The average molecular weight is 340 g/mol. The van der Waals surface area contributed by atoms with Crippen molar-refractivity contribution in [3.63, 3.8) is 0 Å². The van der Waals surface area contributed by atoms with Crippen LogP contribution in [0.1, 0.15) is 0 Å². The number of rotatable bonds is 3. The lowest BCUT2D eigenvalue weighted by Crippen LogP contribution is -1.91. The molecule has 0 atom stereocenters. The molecule has 21 heavy (non-hydrogen) atoms. The number of halogens is 3. The van der Waals surface area contributed by atoms with Crippen molar-refractivity contribution in [2.45, 2.75) is 0 Å². The molecular formula is C14H9Cl3N4. The van der Waals surface area contributed by atoms with Gasteiger partial charge in [-0.2, -0.15) is 4.98 Å². The molecule has 106 valence electrons. The van der Waals surface area contributed by atoms with E-state index in [-0.39, 0.29) is 0 Å². The Balaban J connectivity index is 1.86. The van der Waals surface area contributed by atoms with Gasteiger partial charge in [0, 0.05) is 21.3 Å². The zero-order valence-corrected chi connectivity index (χ0v) is 12.8. The second-order valence-corrected chi connectivity index (χ2v) is 5.54. The molecule has 0 saturated heterocycles. The highest BCUT2D eigenvalue weighted by atomic mass is 35.5. The van der Waals surface area contributed by atoms with Gasteiger partial charge >= 0.3 is 0 Å². The lowest BCUT2D eigenvalue weighted by molar-refractivity contribution is 1.10. The van der Waals surface area contributed by atoms with Crippen LogP contribution in [0, 0.1) is 0 Å². The van der Waals surface area contributed by atoms with Gasteiger partial charge in [0.15, 0.2) is 5.82 Å². The van der Waals surface area contributed by atoms with E-state index in [1.54, 1.807) is 30.3 Å². The second-order valence-electron chi connectivity index (χ2n) is 4.26. The van der Waals surface area contributed by atoms with Crippen LogP contribution in [0.2, 0.25) is 15.1 Å². The molecule has 1 aromatic heterocycles. The molecule has 0 aliphatic heterocycles. The molecule has 2 aromatic carbocycles. The molecule has 0 fully saturated rings. The van der Waals surface area contributed by atoms with E-state index in [4.69, 9.17) is 34.8 Å². The van der Waals surface area contributed by atoms with Crippen molar-refractivity contribution in [3.05, 3.63) is 57.5 Å². The molecule has 0 amide bonds. The van der Waals surface area contributed by atoms with E-state index in [1.165, 1.54) is 0 Å². The molecule has 0 radical (unpaired) electrons. The summed E-state index contributed by atoms with van der Waals surface area (Å²) >= 11 is 17.9. The quantitative estimate of drug-likeness (QED) is 0.691. The van der Waals surface area contributed by atoms with Crippen LogP contribution < -0.4 is 5.32 Å². The molecule has 7 heteroatoms. The van der Waals surface area contributed by atoms with Crippen LogP contribution in [0.4, 0.5) is 11.6 Å². The van der Waals surface area contributed by atoms with Crippen LogP contribution in [0.15, 0.2) is 42.5 Å². The van der Waals surface area contributed by atoms with Crippen molar-refractivity contribution >= 4 is 46.4 Å². The van der Waals surface area contributed by atoms with Crippen LogP contribution >= 0.6 is 34.8 Å². The minimum absolute atomic E-state index is 0.434. The van der Waals surface area contributed by atoms with E-state index in [0.717, 1.165) is 5.69 Å². The normalized spacial score (nSPS) is 10.6. The standard InChI is InChI=1S/C14H9Cl3N4/c15-8-1-4-10(5-2-8)18-14-19-13(20-21-14)11-7-9(16)3-6-12(11)17/h1-7H,(H2,18,19,20,21). The number of nitrogens with one attached hydrogen (secondary N) is 2. The lowest BCUT2D eigenvalue weighted by Gasteiger charge is -2.01. The number of hydrogen-bond donors (Lipinski definition) is 2. The van der Waals surface area contributed by atoms with E-state index >= 15 is 0 Å². The van der Waals surface area contributed by atoms with Gasteiger partial charge in [0.05, 0.1) is 5.02 Å². The Morgan fingerprint density at radius 2 is 1.62 bits per heavy atom. The van der Waals surface area contributed by atoms with E-state index in [1.807, 2.05) is 12.1 Å². The number of aromatic nitrogens is 3. The van der Waals surface area contributed by atoms with Crippen molar-refractivity contribution in [1.82, 2.24) is 15.2 Å². The van der Waals surface area contributed by atoms with Crippen molar-refractivity contribution in [3.8, 4) is 11.4 Å². The van der Waals surface area contributed by atoms with E-state index in [9.17, 15) is 0 Å². The zero-order valence-electron chi connectivity index (χ0n) is 10.6. The van der Waals surface area contributed by atoms with Crippen LogP contribution in [0.25, 0.3) is 11.4 Å². The molecular weight excluding hydrogens is 331 g/mol. The molecule has 3 aromatic rings. The van der Waals surface area contributed by atoms with Crippen LogP contribution in [0.5, 0.6) is 0 Å². The van der Waals surface area contributed by atoms with Gasteiger partial charge in [-0.05, 0) is 42.5 Å². The van der Waals surface area contributed by atoms with Crippen molar-refractivity contribution < 1.29 is 0 Å². The van der Waals surface area contributed by atoms with Gasteiger partial charge in [-0.25, -0.2) is 0 Å². The Labute approximate surface area is 136 Å². The Morgan fingerprint density at radius 1 is 0.905 bits per heavy atom. The number of anilines is 2. The number of nitrogens with zero attached hydrogens (tertiary/aromatic N) is 2. The Hall–Kier alpha value is -1.75. The maximum absolute atomic E-state index is 6.14. The van der Waals surface area contributed by atoms with Gasteiger partial charge in [-0.1, -0.05) is 34.8 Å². The minimum Gasteiger partial charge on any atom is -0.323 e. The predicted octanol–water partition coefficient (Wildman–Crippen LogP) is 5.18. The first kappa shape index (κ1) is 14.2. The van der Waals surface area contributed by atoms with Gasteiger partial charge in [-0.15, -0.1) is 5.10 Å². The summed E-state index contributed by atoms with van der Waals surface area (Å²) in [5, 5.41) is 11.8. The number of aromatic amines is 1. The topological polar surface area (TPSA) is 53.6 Å². The molecule has 0 aliphatic rings. The smallest absolute Gasteiger partial charge is 0.246 e. The molecule has 0 unspecified atom stereocenters. The molecule has 3 rings (SSSR count). The maximum Gasteiger partial charge on any atom is 0.246 e. The monoisotopic (exact) mass is 338 g/mol. The van der Waals surface area contributed by atoms with Gasteiger partial charge in [-0.3, -0.25) is 5.10 Å². The predicted molar refractivity (Wildman–Crippen MR) is 86.6 cm³/mol. The fourth-order valence-corrected chi connectivity index (χ4v) is 2.28. The van der Waals surface area contributed by atoms with Crippen LogP contribution in [0.3, 0.4) is 0 Å². The first-order valence-corrected chi connectivity index (χ1v) is 7.15. The molecule has 0 bridgehead atoms. The SMILES string of the molecule is Clc1ccc(Nc2n[nH]c(-c3cc(Cl)ccc3Cl)n2)cc1. The summed E-state index contributed by atoms with van der Waals surface area (Å²) in [7, 11) is 0. The van der Waals surface area contributed by atoms with E-state index in [0.29, 0.717) is 32.4 Å². The lowest BCUT2D eigenvalue weighted by atomic mass is 10.2. The van der Waals surface area contributed by atoms with Crippen molar-refractivity contribution in [2.75, 3.05) is 5.32 Å². The summed E-state index contributed by atoms with van der Waals surface area (Å²) in [4.78, 5) is 4.35. The molecule has 4 nitrogen and oxygen atoms in total. The number of H-pyrrole nitrogens is 1. The largest absolute Gasteiger partial charge is 0.323 e. The highest BCUT2D eigenvalue weighted by molar-refractivity contribution is 6.35. The fraction of sp³-hybridized carbons (Fsp3) is 0. The van der Waals surface area contributed by atoms with Gasteiger partial charge in [0.2, 0.25) is 5.95 Å². The number of hydrogen-bond acceptors (Lipinski definition) is 3. The van der Waals surface area contributed by atoms with Crippen molar-refractivity contribution in [2.24, 2.45) is 0 Å². The highest BCUT2D eigenvalue weighted by Gasteiger charge is 2.10. The maximum atomic E-state index is 6.14.